The van der Waals surface area contributed by atoms with Crippen molar-refractivity contribution in [2.24, 2.45) is 5.73 Å². The molecule has 0 radical (unpaired) electrons. The molecule has 1 atom stereocenters. The van der Waals surface area contributed by atoms with Gasteiger partial charge in [0, 0.05) is 0 Å². The van der Waals surface area contributed by atoms with Gasteiger partial charge in [-0.3, -0.25) is 0 Å². The summed E-state index contributed by atoms with van der Waals surface area (Å²) in [6.45, 7) is 3.27. The molecule has 3 heteroatoms. The molecule has 0 rings (SSSR count). The molecule has 8 heavy (non-hydrogen) atoms. The van der Waals surface area contributed by atoms with Crippen molar-refractivity contribution in [1.29, 1.82) is 0 Å². The molecule has 0 heterocycles. The molecule has 0 saturated carbocycles. The molecule has 0 saturated heterocycles. The van der Waals surface area contributed by atoms with Gasteiger partial charge in [-0.05, 0) is 12.2 Å². The van der Waals surface area contributed by atoms with Gasteiger partial charge < -0.3 is 10.8 Å². The van der Waals surface area contributed by atoms with Crippen LogP contribution in [0.15, 0.2) is 12.3 Å². The highest BCUT2D eigenvalue weighted by Gasteiger charge is 2.01. The average Bonchev–Trinajstić information content (AvgIpc) is 1.67. The van der Waals surface area contributed by atoms with Crippen molar-refractivity contribution >= 4 is 12.6 Å². The zero-order valence-electron chi connectivity index (χ0n) is 4.67. The molecule has 2 nitrogen and oxygen atoms in total. The maximum atomic E-state index is 8.60. The number of hydrogen-bond donors (Lipinski definition) is 3. The summed E-state index contributed by atoms with van der Waals surface area (Å²) in [6.07, 6.45) is 0.679. The van der Waals surface area contributed by atoms with E-state index in [4.69, 9.17) is 10.8 Å². The van der Waals surface area contributed by atoms with Gasteiger partial charge in [0.1, 0.15) is 5.76 Å². The van der Waals surface area contributed by atoms with Crippen LogP contribution in [0.2, 0.25) is 0 Å². The molecule has 0 aliphatic carbocycles. The largest absolute Gasteiger partial charge is 0.511 e. The van der Waals surface area contributed by atoms with Crippen molar-refractivity contribution in [2.75, 3.05) is 5.75 Å². The minimum Gasteiger partial charge on any atom is -0.511 e. The van der Waals surface area contributed by atoms with Crippen LogP contribution in [-0.4, -0.2) is 16.9 Å². The van der Waals surface area contributed by atoms with Crippen LogP contribution >= 0.6 is 12.6 Å². The van der Waals surface area contributed by atoms with Crippen molar-refractivity contribution in [3.8, 4) is 0 Å². The Balaban J connectivity index is 3.32. The molecule has 0 unspecified atom stereocenters. The van der Waals surface area contributed by atoms with Crippen LogP contribution in [0.3, 0.4) is 0 Å². The van der Waals surface area contributed by atoms with E-state index in [1.54, 1.807) is 0 Å². The van der Waals surface area contributed by atoms with Crippen molar-refractivity contribution in [3.63, 3.8) is 0 Å². The standard InChI is InChI=1S/C5H11NOS/c1-4(7)5(6)2-3-8/h5,7-8H,1-3,6H2/t5-/m0/s1. The zero-order chi connectivity index (χ0) is 6.57. The monoisotopic (exact) mass is 133 g/mol. The van der Waals surface area contributed by atoms with Gasteiger partial charge in [0.05, 0.1) is 6.04 Å². The number of aliphatic hydroxyl groups excluding tert-OH is 1. The highest BCUT2D eigenvalue weighted by molar-refractivity contribution is 7.80. The Morgan fingerprint density at radius 3 is 2.50 bits per heavy atom. The minimum absolute atomic E-state index is 0.0408. The Hall–Kier alpha value is -0.150. The summed E-state index contributed by atoms with van der Waals surface area (Å²) in [7, 11) is 0. The van der Waals surface area contributed by atoms with Gasteiger partial charge in [-0.2, -0.15) is 12.6 Å². The Morgan fingerprint density at radius 2 is 2.38 bits per heavy atom. The molecule has 0 aromatic rings. The normalized spacial score (nSPS) is 13.2. The average molecular weight is 133 g/mol. The topological polar surface area (TPSA) is 46.2 Å². The molecular formula is C5H11NOS. The molecule has 0 aliphatic heterocycles. The summed E-state index contributed by atoms with van der Waals surface area (Å²) < 4.78 is 0. The van der Waals surface area contributed by atoms with Gasteiger partial charge in [-0.25, -0.2) is 0 Å². The number of rotatable bonds is 3. The SMILES string of the molecule is C=C(O)[C@@H](N)CCS. The molecule has 3 N–H and O–H groups in total. The van der Waals surface area contributed by atoms with Gasteiger partial charge in [0.15, 0.2) is 0 Å². The smallest absolute Gasteiger partial charge is 0.102 e. The van der Waals surface area contributed by atoms with Gasteiger partial charge in [-0.1, -0.05) is 6.58 Å². The first-order valence-corrected chi connectivity index (χ1v) is 3.06. The second-order valence-electron chi connectivity index (χ2n) is 1.61. The fourth-order valence-corrected chi connectivity index (χ4v) is 0.584. The summed E-state index contributed by atoms with van der Waals surface area (Å²) in [4.78, 5) is 0. The lowest BCUT2D eigenvalue weighted by atomic mass is 10.2. The van der Waals surface area contributed by atoms with Crippen molar-refractivity contribution < 1.29 is 5.11 Å². The molecule has 0 aliphatic rings. The fourth-order valence-electron chi connectivity index (χ4n) is 0.306. The van der Waals surface area contributed by atoms with E-state index < -0.39 is 0 Å². The third kappa shape index (κ3) is 2.93. The maximum Gasteiger partial charge on any atom is 0.102 e. The zero-order valence-corrected chi connectivity index (χ0v) is 5.56. The van der Waals surface area contributed by atoms with Crippen LogP contribution in [0.25, 0.3) is 0 Å². The van der Waals surface area contributed by atoms with E-state index in [0.717, 1.165) is 0 Å². The Bertz CT molecular complexity index is 84.5. The first-order chi connectivity index (χ1) is 3.68. The number of aliphatic hydroxyl groups is 1. The Labute approximate surface area is 54.8 Å². The van der Waals surface area contributed by atoms with Crippen LogP contribution in [0.1, 0.15) is 6.42 Å². The van der Waals surface area contributed by atoms with E-state index in [-0.39, 0.29) is 11.8 Å². The first kappa shape index (κ1) is 7.85. The minimum atomic E-state index is -0.299. The predicted molar refractivity (Wildman–Crippen MR) is 38.2 cm³/mol. The molecule has 0 spiro atoms. The fraction of sp³-hybridized carbons (Fsp3) is 0.600. The summed E-state index contributed by atoms with van der Waals surface area (Å²) in [5.41, 5.74) is 5.33. The second kappa shape index (κ2) is 3.80. The lowest BCUT2D eigenvalue weighted by Gasteiger charge is -2.05. The molecule has 0 fully saturated rings. The summed E-state index contributed by atoms with van der Waals surface area (Å²) in [5, 5.41) is 8.60. The highest BCUT2D eigenvalue weighted by Crippen LogP contribution is 1.96. The van der Waals surface area contributed by atoms with Crippen LogP contribution in [0.4, 0.5) is 0 Å². The van der Waals surface area contributed by atoms with Crippen LogP contribution in [-0.2, 0) is 0 Å². The highest BCUT2D eigenvalue weighted by atomic mass is 32.1. The molecule has 0 aromatic carbocycles. The molecule has 0 aromatic heterocycles. The first-order valence-electron chi connectivity index (χ1n) is 2.42. The third-order valence-corrected chi connectivity index (χ3v) is 1.13. The summed E-state index contributed by atoms with van der Waals surface area (Å²) in [5.74, 6) is 0.722. The van der Waals surface area contributed by atoms with Crippen molar-refractivity contribution in [2.45, 2.75) is 12.5 Å². The van der Waals surface area contributed by atoms with E-state index in [1.807, 2.05) is 0 Å². The van der Waals surface area contributed by atoms with Gasteiger partial charge in [-0.15, -0.1) is 0 Å². The molecule has 48 valence electrons. The van der Waals surface area contributed by atoms with Gasteiger partial charge in [0.25, 0.3) is 0 Å². The van der Waals surface area contributed by atoms with Crippen LogP contribution in [0.5, 0.6) is 0 Å². The van der Waals surface area contributed by atoms with Gasteiger partial charge in [0.2, 0.25) is 0 Å². The van der Waals surface area contributed by atoms with Crippen LogP contribution in [0, 0.1) is 0 Å². The van der Waals surface area contributed by atoms with Crippen LogP contribution < -0.4 is 5.73 Å². The maximum absolute atomic E-state index is 8.60. The lowest BCUT2D eigenvalue weighted by molar-refractivity contribution is 0.367. The number of hydrogen-bond acceptors (Lipinski definition) is 3. The predicted octanol–water partition coefficient (Wildman–Crippen LogP) is 0.705. The number of thiol groups is 1. The molecule has 0 amide bonds. The number of nitrogens with two attached hydrogens (primary N) is 1. The van der Waals surface area contributed by atoms with Gasteiger partial charge >= 0.3 is 0 Å². The molecule has 0 bridgehead atoms. The van der Waals surface area contributed by atoms with E-state index in [0.29, 0.717) is 12.2 Å². The van der Waals surface area contributed by atoms with E-state index in [2.05, 4.69) is 19.2 Å². The van der Waals surface area contributed by atoms with E-state index >= 15 is 0 Å². The molecular weight excluding hydrogens is 122 g/mol. The Morgan fingerprint density at radius 1 is 1.88 bits per heavy atom. The van der Waals surface area contributed by atoms with Crippen molar-refractivity contribution in [3.05, 3.63) is 12.3 Å². The Kier molecular flexibility index (Phi) is 3.73. The van der Waals surface area contributed by atoms with E-state index in [1.165, 1.54) is 0 Å². The third-order valence-electron chi connectivity index (χ3n) is 0.868. The lowest BCUT2D eigenvalue weighted by Crippen LogP contribution is -2.22. The van der Waals surface area contributed by atoms with Crippen molar-refractivity contribution in [1.82, 2.24) is 0 Å². The summed E-state index contributed by atoms with van der Waals surface area (Å²) >= 11 is 3.92. The quantitative estimate of drug-likeness (QED) is 0.392. The second-order valence-corrected chi connectivity index (χ2v) is 2.06. The van der Waals surface area contributed by atoms with E-state index in [9.17, 15) is 0 Å². The summed E-state index contributed by atoms with van der Waals surface area (Å²) in [6, 6.07) is -0.299.